The van der Waals surface area contributed by atoms with Gasteiger partial charge in [0.2, 0.25) is 5.91 Å². The van der Waals surface area contributed by atoms with Crippen LogP contribution in [-0.4, -0.2) is 49.3 Å². The van der Waals surface area contributed by atoms with Gasteiger partial charge >= 0.3 is 0 Å². The normalized spacial score (nSPS) is 20.5. The van der Waals surface area contributed by atoms with Crippen LogP contribution in [-0.2, 0) is 14.6 Å². The predicted molar refractivity (Wildman–Crippen MR) is 157 cm³/mol. The smallest absolute Gasteiger partial charge is 0.251 e. The molecule has 206 valence electrons. The third-order valence-electron chi connectivity index (χ3n) is 7.77. The van der Waals surface area contributed by atoms with E-state index < -0.39 is 9.84 Å². The van der Waals surface area contributed by atoms with Gasteiger partial charge < -0.3 is 15.2 Å². The number of H-pyrrole nitrogens is 1. The van der Waals surface area contributed by atoms with Crippen molar-refractivity contribution in [3.8, 4) is 0 Å². The number of hydrogen-bond donors (Lipinski definition) is 2. The van der Waals surface area contributed by atoms with Gasteiger partial charge in [0.25, 0.3) is 5.91 Å². The van der Waals surface area contributed by atoms with E-state index in [-0.39, 0.29) is 35.3 Å². The summed E-state index contributed by atoms with van der Waals surface area (Å²) in [6.07, 6.45) is 11.1. The SMILES string of the molecule is O=C(NC1CCCCC1CS(=O)(=O)CC=Cc1ccc2c(Cl)c[nH]c2c1)c1ccc(N2CCCCC2=O)cc1. The van der Waals surface area contributed by atoms with E-state index in [0.29, 0.717) is 23.6 Å². The average Bonchev–Trinajstić information content (AvgIpc) is 3.29. The molecule has 2 aromatic carbocycles. The molecule has 2 heterocycles. The number of anilines is 1. The van der Waals surface area contributed by atoms with Gasteiger partial charge in [0.1, 0.15) is 0 Å². The van der Waals surface area contributed by atoms with Crippen molar-refractivity contribution in [2.45, 2.75) is 51.0 Å². The maximum Gasteiger partial charge on any atom is 0.251 e. The number of rotatable bonds is 8. The van der Waals surface area contributed by atoms with Crippen LogP contribution in [0.15, 0.2) is 54.7 Å². The highest BCUT2D eigenvalue weighted by Crippen LogP contribution is 2.28. The van der Waals surface area contributed by atoms with Crippen LogP contribution in [0.4, 0.5) is 5.69 Å². The van der Waals surface area contributed by atoms with Crippen molar-refractivity contribution >= 4 is 55.9 Å². The average molecular weight is 568 g/mol. The first-order chi connectivity index (χ1) is 18.8. The first-order valence-corrected chi connectivity index (χ1v) is 15.8. The van der Waals surface area contributed by atoms with Crippen molar-refractivity contribution in [2.75, 3.05) is 23.0 Å². The minimum Gasteiger partial charge on any atom is -0.360 e. The first kappa shape index (κ1) is 27.5. The van der Waals surface area contributed by atoms with Gasteiger partial charge in [0, 0.05) is 47.4 Å². The zero-order valence-corrected chi connectivity index (χ0v) is 23.4. The van der Waals surface area contributed by atoms with Gasteiger partial charge in [0.05, 0.1) is 16.5 Å². The maximum atomic E-state index is 13.0. The Morgan fingerprint density at radius 2 is 1.87 bits per heavy atom. The fourth-order valence-corrected chi connectivity index (χ4v) is 7.45. The highest BCUT2D eigenvalue weighted by atomic mass is 35.5. The van der Waals surface area contributed by atoms with Crippen molar-refractivity contribution in [3.63, 3.8) is 0 Å². The molecular weight excluding hydrogens is 534 g/mol. The fourth-order valence-electron chi connectivity index (χ4n) is 5.66. The molecule has 39 heavy (non-hydrogen) atoms. The fraction of sp³-hybridized carbons (Fsp3) is 0.400. The summed E-state index contributed by atoms with van der Waals surface area (Å²) in [4.78, 5) is 30.1. The van der Waals surface area contributed by atoms with E-state index in [1.54, 1.807) is 29.3 Å². The molecule has 0 bridgehead atoms. The van der Waals surface area contributed by atoms with Crippen LogP contribution < -0.4 is 10.2 Å². The number of aromatic nitrogens is 1. The van der Waals surface area contributed by atoms with Crippen molar-refractivity contribution in [3.05, 3.63) is 70.9 Å². The second-order valence-electron chi connectivity index (χ2n) is 10.6. The lowest BCUT2D eigenvalue weighted by atomic mass is 9.85. The van der Waals surface area contributed by atoms with E-state index in [4.69, 9.17) is 11.6 Å². The lowest BCUT2D eigenvalue weighted by Crippen LogP contribution is -2.44. The third kappa shape index (κ3) is 6.73. The van der Waals surface area contributed by atoms with E-state index >= 15 is 0 Å². The van der Waals surface area contributed by atoms with E-state index in [1.807, 2.05) is 36.4 Å². The van der Waals surface area contributed by atoms with Crippen LogP contribution in [0.1, 0.15) is 60.9 Å². The van der Waals surface area contributed by atoms with Crippen molar-refractivity contribution in [2.24, 2.45) is 5.92 Å². The van der Waals surface area contributed by atoms with Crippen molar-refractivity contribution in [1.29, 1.82) is 0 Å². The Labute approximate surface area is 234 Å². The second kappa shape index (κ2) is 12.0. The topological polar surface area (TPSA) is 99.3 Å². The number of hydrogen-bond acceptors (Lipinski definition) is 4. The molecule has 0 radical (unpaired) electrons. The molecule has 0 spiro atoms. The summed E-state index contributed by atoms with van der Waals surface area (Å²) in [5.41, 5.74) is 3.12. The summed E-state index contributed by atoms with van der Waals surface area (Å²) in [7, 11) is -3.35. The van der Waals surface area contributed by atoms with Crippen molar-refractivity contribution in [1.82, 2.24) is 10.3 Å². The number of nitrogens with zero attached hydrogens (tertiary/aromatic N) is 1. The number of amides is 2. The first-order valence-electron chi connectivity index (χ1n) is 13.6. The Morgan fingerprint density at radius 3 is 2.67 bits per heavy atom. The number of piperidine rings is 1. The Morgan fingerprint density at radius 1 is 1.08 bits per heavy atom. The minimum atomic E-state index is -3.35. The van der Waals surface area contributed by atoms with Gasteiger partial charge in [-0.3, -0.25) is 9.59 Å². The van der Waals surface area contributed by atoms with Gasteiger partial charge in [-0.05, 0) is 67.5 Å². The number of carbonyl (C=O) groups is 2. The highest BCUT2D eigenvalue weighted by molar-refractivity contribution is 7.91. The van der Waals surface area contributed by atoms with Crippen LogP contribution in [0, 0.1) is 5.92 Å². The molecule has 2 fully saturated rings. The van der Waals surface area contributed by atoms with Gasteiger partial charge in [-0.25, -0.2) is 8.42 Å². The molecule has 1 aliphatic heterocycles. The largest absolute Gasteiger partial charge is 0.360 e. The monoisotopic (exact) mass is 567 g/mol. The van der Waals surface area contributed by atoms with Crippen LogP contribution >= 0.6 is 11.6 Å². The van der Waals surface area contributed by atoms with E-state index in [9.17, 15) is 18.0 Å². The Hall–Kier alpha value is -3.10. The number of aromatic amines is 1. The molecule has 5 rings (SSSR count). The van der Waals surface area contributed by atoms with Gasteiger partial charge in [-0.1, -0.05) is 48.7 Å². The molecule has 1 saturated carbocycles. The molecule has 1 saturated heterocycles. The van der Waals surface area contributed by atoms with Crippen LogP contribution in [0.5, 0.6) is 0 Å². The predicted octanol–water partition coefficient (Wildman–Crippen LogP) is 5.76. The number of fused-ring (bicyclic) bond motifs is 1. The number of benzene rings is 2. The summed E-state index contributed by atoms with van der Waals surface area (Å²) in [6, 6.07) is 12.7. The number of carbonyl (C=O) groups excluding carboxylic acids is 2. The van der Waals surface area contributed by atoms with E-state index in [1.165, 1.54) is 0 Å². The van der Waals surface area contributed by atoms with Gasteiger partial charge in [0.15, 0.2) is 9.84 Å². The standard InChI is InChI=1S/C30H34ClN3O4S/c31-26-19-32-28-18-21(10-15-25(26)28)6-5-17-39(37,38)20-23-7-1-2-8-27(23)33-30(36)22-11-13-24(14-12-22)34-16-4-3-9-29(34)35/h5-6,10-15,18-19,23,27,32H,1-4,7-9,16-17,20H2,(H,33,36). The molecule has 3 aromatic rings. The van der Waals surface area contributed by atoms with E-state index in [0.717, 1.165) is 60.7 Å². The van der Waals surface area contributed by atoms with Crippen LogP contribution in [0.25, 0.3) is 17.0 Å². The molecule has 7 nitrogen and oxygen atoms in total. The summed E-state index contributed by atoms with van der Waals surface area (Å²) in [6.45, 7) is 0.703. The quantitative estimate of drug-likeness (QED) is 0.362. The Bertz CT molecular complexity index is 1480. The zero-order chi connectivity index (χ0) is 27.4. The molecular formula is C30H34ClN3O4S. The second-order valence-corrected chi connectivity index (χ2v) is 13.2. The number of nitrogens with one attached hydrogen (secondary N) is 2. The molecule has 1 aliphatic carbocycles. The lowest BCUT2D eigenvalue weighted by Gasteiger charge is -2.32. The maximum absolute atomic E-state index is 13.0. The molecule has 2 amide bonds. The van der Waals surface area contributed by atoms with Crippen LogP contribution in [0.3, 0.4) is 0 Å². The molecule has 2 aliphatic rings. The van der Waals surface area contributed by atoms with E-state index in [2.05, 4.69) is 10.3 Å². The Balaban J connectivity index is 1.18. The lowest BCUT2D eigenvalue weighted by molar-refractivity contribution is -0.119. The highest BCUT2D eigenvalue weighted by Gasteiger charge is 2.30. The molecule has 2 atom stereocenters. The van der Waals surface area contributed by atoms with Gasteiger partial charge in [-0.2, -0.15) is 0 Å². The summed E-state index contributed by atoms with van der Waals surface area (Å²) in [5, 5.41) is 4.69. The minimum absolute atomic E-state index is 0.0452. The zero-order valence-electron chi connectivity index (χ0n) is 21.9. The molecule has 9 heteroatoms. The summed E-state index contributed by atoms with van der Waals surface area (Å²) < 4.78 is 26.0. The summed E-state index contributed by atoms with van der Waals surface area (Å²) >= 11 is 6.13. The number of halogens is 1. The molecule has 1 aromatic heterocycles. The third-order valence-corrected chi connectivity index (χ3v) is 9.72. The molecule has 2 N–H and O–H groups in total. The Kier molecular flexibility index (Phi) is 8.43. The summed E-state index contributed by atoms with van der Waals surface area (Å²) in [5.74, 6) is -0.219. The van der Waals surface area contributed by atoms with Crippen molar-refractivity contribution < 1.29 is 18.0 Å². The van der Waals surface area contributed by atoms with Crippen LogP contribution in [0.2, 0.25) is 5.02 Å². The number of sulfone groups is 1. The molecule has 2 unspecified atom stereocenters. The van der Waals surface area contributed by atoms with Gasteiger partial charge in [-0.15, -0.1) is 0 Å².